The second-order valence-corrected chi connectivity index (χ2v) is 2.87. The van der Waals surface area contributed by atoms with Crippen LogP contribution in [0.1, 0.15) is 11.4 Å². The second-order valence-electron chi connectivity index (χ2n) is 2.87. The smallest absolute Gasteiger partial charge is 0.217 e. The van der Waals surface area contributed by atoms with E-state index in [9.17, 15) is 0 Å². The van der Waals surface area contributed by atoms with Crippen molar-refractivity contribution < 1.29 is 4.42 Å². The third-order valence-corrected chi connectivity index (χ3v) is 1.84. The summed E-state index contributed by atoms with van der Waals surface area (Å²) in [6.07, 6.45) is 1.82. The topological polar surface area (TPSA) is 78.5 Å². The van der Waals surface area contributed by atoms with E-state index in [-0.39, 0.29) is 6.42 Å². The summed E-state index contributed by atoms with van der Waals surface area (Å²) in [5, 5.41) is 15.1. The Labute approximate surface area is 80.4 Å². The van der Waals surface area contributed by atoms with Crippen molar-refractivity contribution in [2.75, 3.05) is 0 Å². The van der Waals surface area contributed by atoms with Gasteiger partial charge in [0.15, 0.2) is 5.76 Å². The molecule has 0 aliphatic carbocycles. The van der Waals surface area contributed by atoms with Crippen LogP contribution in [0.4, 0.5) is 0 Å². The third kappa shape index (κ3) is 1.38. The zero-order chi connectivity index (χ0) is 9.97. The van der Waals surface area contributed by atoms with Gasteiger partial charge >= 0.3 is 0 Å². The number of hydrogen-bond donors (Lipinski definition) is 1. The Kier molecular flexibility index (Phi) is 2.03. The van der Waals surface area contributed by atoms with Gasteiger partial charge in [0, 0.05) is 0 Å². The fourth-order valence-electron chi connectivity index (χ4n) is 1.15. The van der Waals surface area contributed by atoms with Crippen molar-refractivity contribution in [1.29, 1.82) is 5.26 Å². The maximum atomic E-state index is 8.45. The minimum absolute atomic E-state index is 0.229. The lowest BCUT2D eigenvalue weighted by Gasteiger charge is -1.88. The zero-order valence-electron chi connectivity index (χ0n) is 7.61. The van der Waals surface area contributed by atoms with Gasteiger partial charge in [-0.25, -0.2) is 4.98 Å². The largest absolute Gasteiger partial charge is 0.461 e. The molecule has 0 aromatic carbocycles. The summed E-state index contributed by atoms with van der Waals surface area (Å²) in [6.45, 7) is 1.92. The van der Waals surface area contributed by atoms with Crippen LogP contribution in [0.15, 0.2) is 16.7 Å². The fourth-order valence-corrected chi connectivity index (χ4v) is 1.15. The molecule has 2 heterocycles. The first-order valence-electron chi connectivity index (χ1n) is 4.14. The molecule has 5 nitrogen and oxygen atoms in total. The molecule has 2 rings (SSSR count). The number of furan rings is 1. The van der Waals surface area contributed by atoms with Crippen molar-refractivity contribution in [1.82, 2.24) is 15.2 Å². The van der Waals surface area contributed by atoms with E-state index in [2.05, 4.69) is 15.2 Å². The molecule has 0 atom stereocenters. The van der Waals surface area contributed by atoms with Gasteiger partial charge in [0.1, 0.15) is 5.82 Å². The number of nitrogens with one attached hydrogen (secondary N) is 1. The van der Waals surface area contributed by atoms with Gasteiger partial charge < -0.3 is 4.42 Å². The van der Waals surface area contributed by atoms with Crippen LogP contribution in [0.5, 0.6) is 0 Å². The number of nitriles is 1. The molecule has 5 heteroatoms. The summed E-state index contributed by atoms with van der Waals surface area (Å²) < 4.78 is 5.21. The summed E-state index contributed by atoms with van der Waals surface area (Å²) in [5.41, 5.74) is 0.979. The van der Waals surface area contributed by atoms with E-state index in [1.54, 1.807) is 6.26 Å². The molecule has 0 spiro atoms. The quantitative estimate of drug-likeness (QED) is 0.773. The van der Waals surface area contributed by atoms with Gasteiger partial charge in [-0.1, -0.05) is 0 Å². The number of aromatic nitrogens is 3. The van der Waals surface area contributed by atoms with Gasteiger partial charge in [-0.3, -0.25) is 5.10 Å². The Bertz CT molecular complexity index is 477. The Morgan fingerprint density at radius 1 is 1.64 bits per heavy atom. The lowest BCUT2D eigenvalue weighted by Crippen LogP contribution is -1.83. The predicted molar refractivity (Wildman–Crippen MR) is 48.1 cm³/mol. The zero-order valence-corrected chi connectivity index (χ0v) is 7.61. The molecule has 0 amide bonds. The number of aromatic amines is 1. The Morgan fingerprint density at radius 3 is 3.14 bits per heavy atom. The second kappa shape index (κ2) is 3.34. The number of rotatable bonds is 2. The molecule has 0 bridgehead atoms. The highest BCUT2D eigenvalue weighted by molar-refractivity contribution is 5.51. The molecule has 0 radical (unpaired) electrons. The summed E-state index contributed by atoms with van der Waals surface area (Å²) in [7, 11) is 0. The highest BCUT2D eigenvalue weighted by atomic mass is 16.3. The van der Waals surface area contributed by atoms with Gasteiger partial charge in [0.2, 0.25) is 5.82 Å². The molecule has 70 valence electrons. The molecule has 0 saturated carbocycles. The van der Waals surface area contributed by atoms with Gasteiger partial charge in [-0.15, -0.1) is 5.10 Å². The molecule has 14 heavy (non-hydrogen) atoms. The fraction of sp³-hybridized carbons (Fsp3) is 0.222. The van der Waals surface area contributed by atoms with Crippen molar-refractivity contribution in [2.45, 2.75) is 13.3 Å². The van der Waals surface area contributed by atoms with Gasteiger partial charge in [-0.2, -0.15) is 5.26 Å². The maximum absolute atomic E-state index is 8.45. The van der Waals surface area contributed by atoms with E-state index in [0.717, 1.165) is 5.56 Å². The van der Waals surface area contributed by atoms with Crippen LogP contribution in [0.3, 0.4) is 0 Å². The molecule has 0 aliphatic rings. The summed E-state index contributed by atoms with van der Waals surface area (Å²) >= 11 is 0. The number of hydrogen-bond acceptors (Lipinski definition) is 4. The van der Waals surface area contributed by atoms with Crippen LogP contribution in [-0.4, -0.2) is 15.2 Å². The van der Waals surface area contributed by atoms with E-state index < -0.39 is 0 Å². The van der Waals surface area contributed by atoms with Crippen LogP contribution >= 0.6 is 0 Å². The van der Waals surface area contributed by atoms with Crippen molar-refractivity contribution in [3.63, 3.8) is 0 Å². The number of nitrogens with zero attached hydrogens (tertiary/aromatic N) is 3. The van der Waals surface area contributed by atoms with Crippen molar-refractivity contribution in [2.24, 2.45) is 0 Å². The highest BCUT2D eigenvalue weighted by Crippen LogP contribution is 2.19. The van der Waals surface area contributed by atoms with Crippen LogP contribution < -0.4 is 0 Å². The molecule has 0 aliphatic heterocycles. The maximum Gasteiger partial charge on any atom is 0.217 e. The molecular formula is C9H8N4O. The van der Waals surface area contributed by atoms with E-state index in [0.29, 0.717) is 17.4 Å². The summed E-state index contributed by atoms with van der Waals surface area (Å²) in [6, 6.07) is 3.84. The average molecular weight is 188 g/mol. The van der Waals surface area contributed by atoms with Crippen molar-refractivity contribution in [3.8, 4) is 17.7 Å². The molecule has 0 fully saturated rings. The molecule has 0 saturated heterocycles. The summed E-state index contributed by atoms with van der Waals surface area (Å²) in [4.78, 5) is 4.12. The molecule has 2 aromatic rings. The number of H-pyrrole nitrogens is 1. The normalized spacial score (nSPS) is 10.0. The standard InChI is InChI=1S/C9H8N4O/c1-6-3-5-14-8(6)9-11-7(2-4-10)12-13-9/h3,5H,2H2,1H3,(H,11,12,13). The van der Waals surface area contributed by atoms with Crippen molar-refractivity contribution in [3.05, 3.63) is 23.7 Å². The van der Waals surface area contributed by atoms with Gasteiger partial charge in [0.25, 0.3) is 0 Å². The average Bonchev–Trinajstić information content (AvgIpc) is 2.74. The van der Waals surface area contributed by atoms with E-state index in [4.69, 9.17) is 9.68 Å². The van der Waals surface area contributed by atoms with E-state index >= 15 is 0 Å². The van der Waals surface area contributed by atoms with Crippen LogP contribution in [-0.2, 0) is 6.42 Å². The first-order chi connectivity index (χ1) is 6.81. The van der Waals surface area contributed by atoms with Crippen molar-refractivity contribution >= 4 is 0 Å². The number of aryl methyl sites for hydroxylation is 1. The minimum atomic E-state index is 0.229. The SMILES string of the molecule is Cc1ccoc1-c1n[nH]c(CC#N)n1. The molecule has 0 unspecified atom stereocenters. The molecular weight excluding hydrogens is 180 g/mol. The monoisotopic (exact) mass is 188 g/mol. The lowest BCUT2D eigenvalue weighted by molar-refractivity contribution is 0.576. The first kappa shape index (κ1) is 8.51. The van der Waals surface area contributed by atoms with E-state index in [1.807, 2.05) is 19.1 Å². The van der Waals surface area contributed by atoms with E-state index in [1.165, 1.54) is 0 Å². The lowest BCUT2D eigenvalue weighted by atomic mass is 10.3. The van der Waals surface area contributed by atoms with Crippen LogP contribution in [0.25, 0.3) is 11.6 Å². The molecule has 1 N–H and O–H groups in total. The predicted octanol–water partition coefficient (Wildman–Crippen LogP) is 1.44. The molecule has 2 aromatic heterocycles. The Balaban J connectivity index is 2.35. The van der Waals surface area contributed by atoms with Crippen LogP contribution in [0, 0.1) is 18.3 Å². The third-order valence-electron chi connectivity index (χ3n) is 1.84. The summed E-state index contributed by atoms with van der Waals surface area (Å²) in [5.74, 6) is 1.70. The van der Waals surface area contributed by atoms with Gasteiger partial charge in [0.05, 0.1) is 18.8 Å². The highest BCUT2D eigenvalue weighted by Gasteiger charge is 2.10. The Hall–Kier alpha value is -2.09. The first-order valence-corrected chi connectivity index (χ1v) is 4.14. The Morgan fingerprint density at radius 2 is 2.50 bits per heavy atom. The van der Waals surface area contributed by atoms with Gasteiger partial charge in [-0.05, 0) is 18.6 Å². The van der Waals surface area contributed by atoms with Crippen LogP contribution in [0.2, 0.25) is 0 Å². The minimum Gasteiger partial charge on any atom is -0.461 e.